The van der Waals surface area contributed by atoms with Gasteiger partial charge in [-0.25, -0.2) is 5.84 Å². The molecular formula is C17H23Cl2N5O3. The number of nitrogens with one attached hydrogen (secondary N) is 2. The van der Waals surface area contributed by atoms with Crippen molar-refractivity contribution in [2.45, 2.75) is 25.5 Å². The van der Waals surface area contributed by atoms with Crippen LogP contribution < -0.4 is 26.1 Å². The van der Waals surface area contributed by atoms with Gasteiger partial charge < -0.3 is 25.3 Å². The quantitative estimate of drug-likeness (QED) is 0.345. The second kappa shape index (κ2) is 9.91. The Bertz CT molecular complexity index is 731. The van der Waals surface area contributed by atoms with E-state index < -0.39 is 11.6 Å². The van der Waals surface area contributed by atoms with E-state index in [0.29, 0.717) is 40.6 Å². The number of hydrogen-bond donors (Lipinski definition) is 4. The average molecular weight is 416 g/mol. The second-order valence-corrected chi connectivity index (χ2v) is 7.34. The number of nitrogens with zero attached hydrogens (tertiary/aromatic N) is 2. The number of aromatic nitrogens is 2. The first-order valence-electron chi connectivity index (χ1n) is 8.23. The molecule has 10 heteroatoms. The van der Waals surface area contributed by atoms with Crippen molar-refractivity contribution in [3.8, 4) is 11.6 Å². The van der Waals surface area contributed by atoms with E-state index in [9.17, 15) is 5.11 Å². The van der Waals surface area contributed by atoms with E-state index in [0.717, 1.165) is 0 Å². The Morgan fingerprint density at radius 3 is 2.63 bits per heavy atom. The number of aliphatic hydroxyl groups excluding tert-OH is 1. The molecule has 0 radical (unpaired) electrons. The summed E-state index contributed by atoms with van der Waals surface area (Å²) in [5, 5.41) is 22.0. The lowest BCUT2D eigenvalue weighted by Crippen LogP contribution is -2.48. The van der Waals surface area contributed by atoms with Crippen LogP contribution >= 0.6 is 23.2 Å². The van der Waals surface area contributed by atoms with Gasteiger partial charge in [0, 0.05) is 29.2 Å². The molecule has 148 valence electrons. The summed E-state index contributed by atoms with van der Waals surface area (Å²) >= 11 is 11.9. The van der Waals surface area contributed by atoms with E-state index >= 15 is 0 Å². The van der Waals surface area contributed by atoms with E-state index in [4.69, 9.17) is 38.5 Å². The molecule has 1 heterocycles. The molecule has 0 spiro atoms. The van der Waals surface area contributed by atoms with Gasteiger partial charge in [-0.3, -0.25) is 0 Å². The van der Waals surface area contributed by atoms with E-state index in [2.05, 4.69) is 20.9 Å². The first-order chi connectivity index (χ1) is 12.8. The molecule has 1 atom stereocenters. The molecule has 0 aliphatic heterocycles. The average Bonchev–Trinajstić information content (AvgIpc) is 2.66. The molecule has 27 heavy (non-hydrogen) atoms. The van der Waals surface area contributed by atoms with Gasteiger partial charge in [0.2, 0.25) is 5.88 Å². The first kappa shape index (κ1) is 21.5. The number of rotatable bonds is 10. The smallest absolute Gasteiger partial charge is 0.233 e. The summed E-state index contributed by atoms with van der Waals surface area (Å²) in [6, 6.07) is 8.24. The third-order valence-corrected chi connectivity index (χ3v) is 4.06. The molecule has 0 saturated heterocycles. The zero-order valence-corrected chi connectivity index (χ0v) is 16.6. The van der Waals surface area contributed by atoms with Crippen molar-refractivity contribution in [3.63, 3.8) is 0 Å². The number of ether oxygens (including phenoxy) is 2. The van der Waals surface area contributed by atoms with Gasteiger partial charge in [-0.05, 0) is 32.0 Å². The maximum Gasteiger partial charge on any atom is 0.233 e. The van der Waals surface area contributed by atoms with Crippen molar-refractivity contribution in [1.82, 2.24) is 15.5 Å². The van der Waals surface area contributed by atoms with Gasteiger partial charge in [0.1, 0.15) is 25.1 Å². The van der Waals surface area contributed by atoms with Gasteiger partial charge in [0.05, 0.1) is 5.02 Å². The van der Waals surface area contributed by atoms with Gasteiger partial charge in [-0.15, -0.1) is 10.2 Å². The molecule has 8 nitrogen and oxygen atoms in total. The first-order valence-corrected chi connectivity index (χ1v) is 8.99. The number of hydrazine groups is 1. The van der Waals surface area contributed by atoms with Crippen molar-refractivity contribution >= 4 is 29.0 Å². The summed E-state index contributed by atoms with van der Waals surface area (Å²) in [6.45, 7) is 4.58. The van der Waals surface area contributed by atoms with E-state index in [-0.39, 0.29) is 6.61 Å². The van der Waals surface area contributed by atoms with Crippen LogP contribution in [0.2, 0.25) is 10.0 Å². The topological polar surface area (TPSA) is 115 Å². The molecule has 2 aromatic rings. The number of nitrogens with two attached hydrogens (primary N) is 1. The maximum absolute atomic E-state index is 10.1. The second-order valence-electron chi connectivity index (χ2n) is 6.49. The highest BCUT2D eigenvalue weighted by molar-refractivity contribution is 6.34. The fourth-order valence-corrected chi connectivity index (χ4v) is 2.34. The van der Waals surface area contributed by atoms with Crippen LogP contribution in [0.3, 0.4) is 0 Å². The predicted octanol–water partition coefficient (Wildman–Crippen LogP) is 2.26. The number of nitrogen functional groups attached to an aromatic ring is 1. The largest absolute Gasteiger partial charge is 0.489 e. The van der Waals surface area contributed by atoms with Crippen LogP contribution in [0.15, 0.2) is 30.3 Å². The summed E-state index contributed by atoms with van der Waals surface area (Å²) in [7, 11) is 0. The molecule has 2 rings (SSSR count). The molecule has 0 bridgehead atoms. The summed E-state index contributed by atoms with van der Waals surface area (Å²) in [4.78, 5) is 0. The molecule has 0 saturated carbocycles. The molecule has 0 amide bonds. The van der Waals surface area contributed by atoms with Crippen LogP contribution in [0, 0.1) is 0 Å². The number of aliphatic hydroxyl groups is 1. The molecule has 1 aromatic carbocycles. The molecule has 0 fully saturated rings. The molecule has 5 N–H and O–H groups in total. The SMILES string of the molecule is CC(C)(COc1ccc(NN)nn1)NCC(O)COc1cc(Cl)ccc1Cl. The van der Waals surface area contributed by atoms with Crippen molar-refractivity contribution in [3.05, 3.63) is 40.4 Å². The fourth-order valence-electron chi connectivity index (χ4n) is 2.01. The minimum Gasteiger partial charge on any atom is -0.489 e. The minimum atomic E-state index is -0.742. The Hall–Kier alpha value is -1.84. The molecular weight excluding hydrogens is 393 g/mol. The number of hydrogen-bond acceptors (Lipinski definition) is 8. The van der Waals surface area contributed by atoms with Crippen LogP contribution in [0.5, 0.6) is 11.6 Å². The van der Waals surface area contributed by atoms with Crippen LogP contribution in [0.4, 0.5) is 5.82 Å². The van der Waals surface area contributed by atoms with Crippen molar-refractivity contribution in [2.24, 2.45) is 5.84 Å². The Morgan fingerprint density at radius 1 is 1.19 bits per heavy atom. The lowest BCUT2D eigenvalue weighted by molar-refractivity contribution is 0.0923. The molecule has 1 unspecified atom stereocenters. The molecule has 0 aliphatic carbocycles. The number of β-amino-alcohol motifs (C(OH)–C–C–N with tert-alkyl or cyclic N) is 1. The third kappa shape index (κ3) is 7.36. The third-order valence-electron chi connectivity index (χ3n) is 3.51. The summed E-state index contributed by atoms with van der Waals surface area (Å²) in [5.41, 5.74) is 1.98. The van der Waals surface area contributed by atoms with E-state index in [1.54, 1.807) is 30.3 Å². The maximum atomic E-state index is 10.1. The fraction of sp³-hybridized carbons (Fsp3) is 0.412. The van der Waals surface area contributed by atoms with Crippen molar-refractivity contribution in [1.29, 1.82) is 0 Å². The van der Waals surface area contributed by atoms with Crippen LogP contribution in [-0.2, 0) is 0 Å². The van der Waals surface area contributed by atoms with Gasteiger partial charge in [0.15, 0.2) is 5.82 Å². The van der Waals surface area contributed by atoms with Crippen LogP contribution in [-0.4, -0.2) is 46.7 Å². The summed E-state index contributed by atoms with van der Waals surface area (Å²) in [5.74, 6) is 6.49. The van der Waals surface area contributed by atoms with Crippen molar-refractivity contribution < 1.29 is 14.6 Å². The zero-order valence-electron chi connectivity index (χ0n) is 15.1. The Balaban J connectivity index is 1.75. The Kier molecular flexibility index (Phi) is 7.88. The lowest BCUT2D eigenvalue weighted by atomic mass is 10.1. The Labute approximate surface area is 167 Å². The van der Waals surface area contributed by atoms with Gasteiger partial charge >= 0.3 is 0 Å². The summed E-state index contributed by atoms with van der Waals surface area (Å²) in [6.07, 6.45) is -0.742. The number of halogens is 2. The monoisotopic (exact) mass is 415 g/mol. The highest BCUT2D eigenvalue weighted by Crippen LogP contribution is 2.27. The number of anilines is 1. The van der Waals surface area contributed by atoms with Gasteiger partial charge in [-0.2, -0.15) is 0 Å². The Morgan fingerprint density at radius 2 is 1.96 bits per heavy atom. The van der Waals surface area contributed by atoms with Crippen molar-refractivity contribution in [2.75, 3.05) is 25.2 Å². The predicted molar refractivity (Wildman–Crippen MR) is 105 cm³/mol. The highest BCUT2D eigenvalue weighted by atomic mass is 35.5. The van der Waals surface area contributed by atoms with Crippen LogP contribution in [0.1, 0.15) is 13.8 Å². The molecule has 0 aliphatic rings. The highest BCUT2D eigenvalue weighted by Gasteiger charge is 2.20. The van der Waals surface area contributed by atoms with E-state index in [1.807, 2.05) is 13.8 Å². The summed E-state index contributed by atoms with van der Waals surface area (Å²) < 4.78 is 11.1. The normalized spacial score (nSPS) is 12.5. The number of benzene rings is 1. The standard InChI is InChI=1S/C17H23Cl2N5O3/c1-17(2,10-27-16-6-5-15(22-20)23-24-16)21-8-12(25)9-26-14-7-11(18)3-4-13(14)19/h3-7,12,21,25H,8-10,20H2,1-2H3,(H,22,23). The van der Waals surface area contributed by atoms with Gasteiger partial charge in [-0.1, -0.05) is 23.2 Å². The van der Waals surface area contributed by atoms with Gasteiger partial charge in [0.25, 0.3) is 0 Å². The lowest BCUT2D eigenvalue weighted by Gasteiger charge is -2.27. The molecule has 1 aromatic heterocycles. The van der Waals surface area contributed by atoms with Crippen LogP contribution in [0.25, 0.3) is 0 Å². The van der Waals surface area contributed by atoms with E-state index in [1.165, 1.54) is 0 Å². The minimum absolute atomic E-state index is 0.0724. The zero-order chi connectivity index (χ0) is 19.9.